The van der Waals surface area contributed by atoms with Crippen LogP contribution in [0, 0.1) is 0 Å². The third-order valence-corrected chi connectivity index (χ3v) is 5.63. The van der Waals surface area contributed by atoms with E-state index in [9.17, 15) is 9.59 Å². The number of amides is 1. The summed E-state index contributed by atoms with van der Waals surface area (Å²) in [5.41, 5.74) is 1.71. The van der Waals surface area contributed by atoms with Crippen LogP contribution in [0.25, 0.3) is 10.2 Å². The number of carbonyl (C=O) groups excluding carboxylic acids is 2. The lowest BCUT2D eigenvalue weighted by atomic mass is 10.2. The van der Waals surface area contributed by atoms with Crippen molar-refractivity contribution in [1.82, 2.24) is 4.57 Å². The van der Waals surface area contributed by atoms with E-state index < -0.39 is 11.9 Å². The molecule has 0 bridgehead atoms. The molecule has 0 fully saturated rings. The van der Waals surface area contributed by atoms with E-state index in [1.807, 2.05) is 17.6 Å². The summed E-state index contributed by atoms with van der Waals surface area (Å²) in [6.07, 6.45) is 0. The summed E-state index contributed by atoms with van der Waals surface area (Å²) in [6, 6.07) is 10.2. The van der Waals surface area contributed by atoms with Crippen molar-refractivity contribution in [3.8, 4) is 11.5 Å². The molecule has 0 aliphatic carbocycles. The van der Waals surface area contributed by atoms with Crippen molar-refractivity contribution in [3.05, 3.63) is 52.3 Å². The van der Waals surface area contributed by atoms with Gasteiger partial charge in [0.05, 0.1) is 29.5 Å². The summed E-state index contributed by atoms with van der Waals surface area (Å²) in [5.74, 6) is 0.328. The first kappa shape index (κ1) is 20.1. The Labute approximate surface area is 176 Å². The molecular weight excluding hydrogens is 408 g/mol. The van der Waals surface area contributed by atoms with Gasteiger partial charge in [0.2, 0.25) is 6.79 Å². The minimum absolute atomic E-state index is 0.139. The van der Waals surface area contributed by atoms with Gasteiger partial charge >= 0.3 is 5.97 Å². The van der Waals surface area contributed by atoms with Crippen molar-refractivity contribution in [2.24, 2.45) is 4.99 Å². The maximum atomic E-state index is 12.8. The Balaban J connectivity index is 1.75. The van der Waals surface area contributed by atoms with Crippen LogP contribution in [0.3, 0.4) is 0 Å². The normalized spacial score (nSPS) is 13.1. The molecule has 9 heteroatoms. The molecule has 0 unspecified atom stereocenters. The molecule has 0 radical (unpaired) electrons. The summed E-state index contributed by atoms with van der Waals surface area (Å²) < 4.78 is 23.7. The predicted molar refractivity (Wildman–Crippen MR) is 110 cm³/mol. The molecule has 1 aliphatic heterocycles. The second-order valence-corrected chi connectivity index (χ2v) is 7.40. The molecule has 4 rings (SSSR count). The van der Waals surface area contributed by atoms with Gasteiger partial charge in [-0.05, 0) is 43.3 Å². The third kappa shape index (κ3) is 3.94. The van der Waals surface area contributed by atoms with Gasteiger partial charge in [-0.2, -0.15) is 4.99 Å². The Morgan fingerprint density at radius 1 is 1.13 bits per heavy atom. The van der Waals surface area contributed by atoms with E-state index in [0.29, 0.717) is 47.2 Å². The van der Waals surface area contributed by atoms with Crippen LogP contribution < -0.4 is 14.3 Å². The van der Waals surface area contributed by atoms with Gasteiger partial charge < -0.3 is 23.5 Å². The minimum Gasteiger partial charge on any atom is -0.465 e. The van der Waals surface area contributed by atoms with Crippen LogP contribution in [0.2, 0.25) is 0 Å². The van der Waals surface area contributed by atoms with E-state index >= 15 is 0 Å². The first-order chi connectivity index (χ1) is 14.6. The highest BCUT2D eigenvalue weighted by Crippen LogP contribution is 2.32. The van der Waals surface area contributed by atoms with Gasteiger partial charge in [0.1, 0.15) is 0 Å². The van der Waals surface area contributed by atoms with Crippen molar-refractivity contribution >= 4 is 33.4 Å². The molecule has 1 aliphatic rings. The molecule has 1 aromatic heterocycles. The number of hydrogen-bond acceptors (Lipinski definition) is 7. The highest BCUT2D eigenvalue weighted by atomic mass is 32.1. The van der Waals surface area contributed by atoms with E-state index in [-0.39, 0.29) is 6.79 Å². The van der Waals surface area contributed by atoms with E-state index in [2.05, 4.69) is 4.99 Å². The van der Waals surface area contributed by atoms with Crippen molar-refractivity contribution in [2.75, 3.05) is 27.1 Å². The minimum atomic E-state index is -0.416. The van der Waals surface area contributed by atoms with Gasteiger partial charge in [-0.1, -0.05) is 11.3 Å². The van der Waals surface area contributed by atoms with E-state index in [1.165, 1.54) is 18.4 Å². The number of ether oxygens (including phenoxy) is 4. The smallest absolute Gasteiger partial charge is 0.337 e. The molecule has 2 heterocycles. The van der Waals surface area contributed by atoms with Crippen molar-refractivity contribution in [2.45, 2.75) is 13.5 Å². The molecular formula is C21H20N2O6S. The second-order valence-electron chi connectivity index (χ2n) is 6.39. The standard InChI is InChI=1S/C21H20N2O6S/c1-3-27-9-8-23-15-6-4-14(20(25)26-2)11-18(15)30-21(23)22-19(24)13-5-7-16-17(10-13)29-12-28-16/h4-7,10-11H,3,8-9,12H2,1-2H3. The monoisotopic (exact) mass is 428 g/mol. The van der Waals surface area contributed by atoms with Crippen LogP contribution in [0.4, 0.5) is 0 Å². The Morgan fingerprint density at radius 3 is 2.73 bits per heavy atom. The fraction of sp³-hybridized carbons (Fsp3) is 0.286. The molecule has 30 heavy (non-hydrogen) atoms. The molecule has 0 N–H and O–H groups in total. The first-order valence-electron chi connectivity index (χ1n) is 9.39. The first-order valence-corrected chi connectivity index (χ1v) is 10.2. The van der Waals surface area contributed by atoms with Gasteiger partial charge in [0.15, 0.2) is 16.3 Å². The Hall–Kier alpha value is -3.17. The van der Waals surface area contributed by atoms with Gasteiger partial charge in [-0.3, -0.25) is 4.79 Å². The average molecular weight is 428 g/mol. The quantitative estimate of drug-likeness (QED) is 0.443. The molecule has 0 atom stereocenters. The molecule has 0 saturated carbocycles. The topological polar surface area (TPSA) is 88.4 Å². The number of carbonyl (C=O) groups is 2. The molecule has 3 aromatic rings. The van der Waals surface area contributed by atoms with Crippen molar-refractivity contribution in [3.63, 3.8) is 0 Å². The van der Waals surface area contributed by atoms with Crippen LogP contribution in [-0.2, 0) is 16.0 Å². The number of nitrogens with zero attached hydrogens (tertiary/aromatic N) is 2. The number of thiazole rings is 1. The lowest BCUT2D eigenvalue weighted by molar-refractivity contribution is 0.0600. The second kappa shape index (κ2) is 8.68. The van der Waals surface area contributed by atoms with E-state index in [4.69, 9.17) is 18.9 Å². The zero-order valence-electron chi connectivity index (χ0n) is 16.5. The molecule has 2 aromatic carbocycles. The summed E-state index contributed by atoms with van der Waals surface area (Å²) in [6.45, 7) is 3.66. The highest BCUT2D eigenvalue weighted by Gasteiger charge is 2.17. The average Bonchev–Trinajstić information content (AvgIpc) is 3.36. The SMILES string of the molecule is CCOCCn1c(=NC(=O)c2ccc3c(c2)OCO3)sc2cc(C(=O)OC)ccc21. The predicted octanol–water partition coefficient (Wildman–Crippen LogP) is 3.00. The van der Waals surface area contributed by atoms with E-state index in [1.54, 1.807) is 30.3 Å². The maximum absolute atomic E-state index is 12.8. The molecule has 1 amide bonds. The Kier molecular flexibility index (Phi) is 5.82. The summed E-state index contributed by atoms with van der Waals surface area (Å²) >= 11 is 1.33. The molecule has 0 saturated heterocycles. The van der Waals surface area contributed by atoms with Crippen LogP contribution in [0.1, 0.15) is 27.6 Å². The number of esters is 1. The van der Waals surface area contributed by atoms with Crippen molar-refractivity contribution < 1.29 is 28.5 Å². The zero-order valence-corrected chi connectivity index (χ0v) is 17.4. The van der Waals surface area contributed by atoms with Gasteiger partial charge in [0.25, 0.3) is 5.91 Å². The third-order valence-electron chi connectivity index (χ3n) is 4.58. The number of fused-ring (bicyclic) bond motifs is 2. The lowest BCUT2D eigenvalue weighted by Gasteiger charge is -2.06. The van der Waals surface area contributed by atoms with Crippen molar-refractivity contribution in [1.29, 1.82) is 0 Å². The summed E-state index contributed by atoms with van der Waals surface area (Å²) in [4.78, 5) is 29.6. The summed E-state index contributed by atoms with van der Waals surface area (Å²) in [5, 5.41) is 0. The number of rotatable bonds is 6. The number of benzene rings is 2. The van der Waals surface area contributed by atoms with Crippen LogP contribution in [-0.4, -0.2) is 43.6 Å². The highest BCUT2D eigenvalue weighted by molar-refractivity contribution is 7.16. The van der Waals surface area contributed by atoms with E-state index in [0.717, 1.165) is 10.2 Å². The van der Waals surface area contributed by atoms with Gasteiger partial charge in [0, 0.05) is 18.7 Å². The maximum Gasteiger partial charge on any atom is 0.337 e. The van der Waals surface area contributed by atoms with Crippen LogP contribution in [0.5, 0.6) is 11.5 Å². The largest absolute Gasteiger partial charge is 0.465 e. The molecule has 0 spiro atoms. The lowest BCUT2D eigenvalue weighted by Crippen LogP contribution is -2.19. The zero-order chi connectivity index (χ0) is 21.1. The number of methoxy groups -OCH3 is 1. The number of aromatic nitrogens is 1. The van der Waals surface area contributed by atoms with Crippen LogP contribution in [0.15, 0.2) is 41.4 Å². The molecule has 156 valence electrons. The summed E-state index contributed by atoms with van der Waals surface area (Å²) in [7, 11) is 1.34. The molecule has 8 nitrogen and oxygen atoms in total. The number of hydrogen-bond donors (Lipinski definition) is 0. The van der Waals surface area contributed by atoms with Gasteiger partial charge in [-0.25, -0.2) is 4.79 Å². The van der Waals surface area contributed by atoms with Crippen LogP contribution >= 0.6 is 11.3 Å². The Morgan fingerprint density at radius 2 is 1.93 bits per heavy atom. The Bertz CT molecular complexity index is 1180. The fourth-order valence-electron chi connectivity index (χ4n) is 3.10. The fourth-order valence-corrected chi connectivity index (χ4v) is 4.19. The van der Waals surface area contributed by atoms with Gasteiger partial charge in [-0.15, -0.1) is 0 Å².